The fraction of sp³-hybridized carbons (Fsp3) is 1.00. The molecule has 1 fully saturated rings. The van der Waals surface area contributed by atoms with Gasteiger partial charge in [-0.25, -0.2) is 0 Å². The van der Waals surface area contributed by atoms with Gasteiger partial charge in [0.1, 0.15) is 0 Å². The quantitative estimate of drug-likeness (QED) is 0.626. The molecule has 0 N–H and O–H groups in total. The molecular formula is C9H18O2. The zero-order chi connectivity index (χ0) is 8.10. The third kappa shape index (κ3) is 3.73. The van der Waals surface area contributed by atoms with E-state index in [2.05, 4.69) is 13.8 Å². The van der Waals surface area contributed by atoms with E-state index in [-0.39, 0.29) is 6.29 Å². The van der Waals surface area contributed by atoms with Crippen LogP contribution < -0.4 is 0 Å². The molecule has 1 aliphatic rings. The molecule has 0 radical (unpaired) electrons. The van der Waals surface area contributed by atoms with Crippen molar-refractivity contribution in [3.8, 4) is 0 Å². The smallest absolute Gasteiger partial charge is 0.157 e. The predicted octanol–water partition coefficient (Wildman–Crippen LogP) is 2.19. The Labute approximate surface area is 68.9 Å². The van der Waals surface area contributed by atoms with Gasteiger partial charge in [0.25, 0.3) is 0 Å². The highest BCUT2D eigenvalue weighted by Crippen LogP contribution is 2.14. The molecule has 1 heterocycles. The van der Waals surface area contributed by atoms with Crippen LogP contribution in [0.2, 0.25) is 0 Å². The molecule has 2 heteroatoms. The van der Waals surface area contributed by atoms with E-state index in [1.807, 2.05) is 0 Å². The second-order valence-corrected chi connectivity index (χ2v) is 3.52. The first kappa shape index (κ1) is 9.01. The average Bonchev–Trinajstić information content (AvgIpc) is 2.03. The van der Waals surface area contributed by atoms with Gasteiger partial charge in [0.2, 0.25) is 0 Å². The monoisotopic (exact) mass is 158 g/mol. The lowest BCUT2D eigenvalue weighted by Crippen LogP contribution is -2.23. The van der Waals surface area contributed by atoms with Crippen molar-refractivity contribution in [1.82, 2.24) is 0 Å². The van der Waals surface area contributed by atoms with Crippen molar-refractivity contribution in [2.45, 2.75) is 39.4 Å². The first-order chi connectivity index (χ1) is 5.29. The summed E-state index contributed by atoms with van der Waals surface area (Å²) in [6.07, 6.45) is 3.61. The van der Waals surface area contributed by atoms with E-state index in [4.69, 9.17) is 9.47 Å². The normalized spacial score (nSPS) is 25.9. The van der Waals surface area contributed by atoms with Crippen LogP contribution in [0.25, 0.3) is 0 Å². The molecule has 0 aromatic carbocycles. The van der Waals surface area contributed by atoms with Gasteiger partial charge in [-0.15, -0.1) is 0 Å². The second-order valence-electron chi connectivity index (χ2n) is 3.52. The van der Waals surface area contributed by atoms with Gasteiger partial charge in [0.05, 0.1) is 6.61 Å². The van der Waals surface area contributed by atoms with Crippen molar-refractivity contribution in [1.29, 1.82) is 0 Å². The van der Waals surface area contributed by atoms with Crippen molar-refractivity contribution in [2.24, 2.45) is 5.92 Å². The van der Waals surface area contributed by atoms with Crippen molar-refractivity contribution >= 4 is 0 Å². The Kier molecular flexibility index (Phi) is 3.87. The fourth-order valence-corrected chi connectivity index (χ4v) is 1.14. The van der Waals surface area contributed by atoms with Crippen LogP contribution in [0.3, 0.4) is 0 Å². The van der Waals surface area contributed by atoms with E-state index in [1.54, 1.807) is 0 Å². The van der Waals surface area contributed by atoms with Crippen molar-refractivity contribution in [3.05, 3.63) is 0 Å². The van der Waals surface area contributed by atoms with Crippen LogP contribution >= 0.6 is 0 Å². The highest BCUT2D eigenvalue weighted by Gasteiger charge is 2.13. The molecule has 0 spiro atoms. The summed E-state index contributed by atoms with van der Waals surface area (Å²) >= 11 is 0. The van der Waals surface area contributed by atoms with Gasteiger partial charge in [-0.1, -0.05) is 13.8 Å². The Morgan fingerprint density at radius 3 is 2.82 bits per heavy atom. The van der Waals surface area contributed by atoms with E-state index in [0.29, 0.717) is 5.92 Å². The van der Waals surface area contributed by atoms with Gasteiger partial charge in [-0.05, 0) is 25.2 Å². The molecule has 0 amide bonds. The zero-order valence-corrected chi connectivity index (χ0v) is 7.51. The summed E-state index contributed by atoms with van der Waals surface area (Å²) in [4.78, 5) is 0. The minimum atomic E-state index is 0.0890. The minimum absolute atomic E-state index is 0.0890. The van der Waals surface area contributed by atoms with Crippen molar-refractivity contribution in [3.63, 3.8) is 0 Å². The van der Waals surface area contributed by atoms with E-state index in [9.17, 15) is 0 Å². The van der Waals surface area contributed by atoms with Crippen molar-refractivity contribution in [2.75, 3.05) is 13.2 Å². The van der Waals surface area contributed by atoms with Crippen LogP contribution in [0.5, 0.6) is 0 Å². The predicted molar refractivity (Wildman–Crippen MR) is 44.4 cm³/mol. The Morgan fingerprint density at radius 2 is 2.27 bits per heavy atom. The molecule has 0 saturated carbocycles. The Bertz CT molecular complexity index is 95.7. The lowest BCUT2D eigenvalue weighted by Gasteiger charge is -2.23. The molecule has 1 aliphatic heterocycles. The van der Waals surface area contributed by atoms with Crippen LogP contribution in [0.1, 0.15) is 33.1 Å². The third-order valence-corrected chi connectivity index (χ3v) is 1.75. The Hall–Kier alpha value is -0.0800. The number of rotatable bonds is 3. The highest BCUT2D eigenvalue weighted by molar-refractivity contribution is 4.54. The standard InChI is InChI=1S/C9H18O2/c1-8(2)7-11-9-5-3-4-6-10-9/h8-9H,3-7H2,1-2H3. The Balaban J connectivity index is 2.05. The topological polar surface area (TPSA) is 18.5 Å². The molecule has 1 atom stereocenters. The van der Waals surface area contributed by atoms with Crippen LogP contribution in [0, 0.1) is 5.92 Å². The summed E-state index contributed by atoms with van der Waals surface area (Å²) in [6.45, 7) is 6.01. The lowest BCUT2D eigenvalue weighted by molar-refractivity contribution is -0.167. The summed E-state index contributed by atoms with van der Waals surface area (Å²) in [6, 6.07) is 0. The second kappa shape index (κ2) is 4.73. The third-order valence-electron chi connectivity index (χ3n) is 1.75. The fourth-order valence-electron chi connectivity index (χ4n) is 1.14. The van der Waals surface area contributed by atoms with Gasteiger partial charge in [0.15, 0.2) is 6.29 Å². The number of ether oxygens (including phenoxy) is 2. The van der Waals surface area contributed by atoms with Gasteiger partial charge < -0.3 is 9.47 Å². The number of hydrogen-bond acceptors (Lipinski definition) is 2. The summed E-state index contributed by atoms with van der Waals surface area (Å²) in [5.41, 5.74) is 0. The molecule has 1 rings (SSSR count). The maximum absolute atomic E-state index is 5.52. The molecule has 0 bridgehead atoms. The van der Waals surface area contributed by atoms with E-state index in [0.717, 1.165) is 19.6 Å². The molecule has 2 nitrogen and oxygen atoms in total. The average molecular weight is 158 g/mol. The SMILES string of the molecule is CC(C)COC1CCCCO1. The van der Waals surface area contributed by atoms with Crippen LogP contribution in [0.4, 0.5) is 0 Å². The minimum Gasteiger partial charge on any atom is -0.353 e. The summed E-state index contributed by atoms with van der Waals surface area (Å²) in [5.74, 6) is 0.612. The largest absolute Gasteiger partial charge is 0.353 e. The van der Waals surface area contributed by atoms with Crippen LogP contribution in [-0.4, -0.2) is 19.5 Å². The van der Waals surface area contributed by atoms with Gasteiger partial charge >= 0.3 is 0 Å². The lowest BCUT2D eigenvalue weighted by atomic mass is 10.2. The summed E-state index contributed by atoms with van der Waals surface area (Å²) < 4.78 is 10.9. The molecule has 11 heavy (non-hydrogen) atoms. The van der Waals surface area contributed by atoms with Crippen LogP contribution in [0.15, 0.2) is 0 Å². The zero-order valence-electron chi connectivity index (χ0n) is 7.51. The maximum Gasteiger partial charge on any atom is 0.157 e. The molecule has 0 aromatic heterocycles. The molecule has 1 unspecified atom stereocenters. The van der Waals surface area contributed by atoms with E-state index < -0.39 is 0 Å². The number of hydrogen-bond donors (Lipinski definition) is 0. The summed E-state index contributed by atoms with van der Waals surface area (Å²) in [7, 11) is 0. The van der Waals surface area contributed by atoms with Gasteiger partial charge in [-0.2, -0.15) is 0 Å². The summed E-state index contributed by atoms with van der Waals surface area (Å²) in [5, 5.41) is 0. The molecule has 0 aromatic rings. The molecule has 66 valence electrons. The van der Waals surface area contributed by atoms with Gasteiger partial charge in [-0.3, -0.25) is 0 Å². The Morgan fingerprint density at radius 1 is 1.45 bits per heavy atom. The van der Waals surface area contributed by atoms with Crippen LogP contribution in [-0.2, 0) is 9.47 Å². The highest BCUT2D eigenvalue weighted by atomic mass is 16.7. The van der Waals surface area contributed by atoms with Crippen molar-refractivity contribution < 1.29 is 9.47 Å². The van der Waals surface area contributed by atoms with E-state index >= 15 is 0 Å². The maximum atomic E-state index is 5.52. The first-order valence-corrected chi connectivity index (χ1v) is 4.52. The van der Waals surface area contributed by atoms with Gasteiger partial charge in [0, 0.05) is 6.61 Å². The first-order valence-electron chi connectivity index (χ1n) is 4.52. The molecule has 0 aliphatic carbocycles. The molecular weight excluding hydrogens is 140 g/mol. The van der Waals surface area contributed by atoms with E-state index in [1.165, 1.54) is 12.8 Å². The molecule has 1 saturated heterocycles.